The predicted molar refractivity (Wildman–Crippen MR) is 104 cm³/mol. The first-order valence-electron chi connectivity index (χ1n) is 9.99. The standard InChI is InChI=1S/C21H32N2O4/c1-16(2)15-27-18-7-6-17(13-20(18)25-3)14-22-8-10-23(11-9-22)21(24)19-5-4-12-26-19/h6-7,13,16,19H,4-5,8-12,14-15H2,1-3H3. The highest BCUT2D eigenvalue weighted by molar-refractivity contribution is 5.81. The summed E-state index contributed by atoms with van der Waals surface area (Å²) in [5.41, 5.74) is 1.20. The van der Waals surface area contributed by atoms with E-state index in [1.54, 1.807) is 7.11 Å². The fraction of sp³-hybridized carbons (Fsp3) is 0.667. The Kier molecular flexibility index (Phi) is 6.96. The maximum Gasteiger partial charge on any atom is 0.251 e. The van der Waals surface area contributed by atoms with Crippen LogP contribution in [0.2, 0.25) is 0 Å². The fourth-order valence-corrected chi connectivity index (χ4v) is 3.55. The van der Waals surface area contributed by atoms with Crippen LogP contribution in [0.3, 0.4) is 0 Å². The van der Waals surface area contributed by atoms with Gasteiger partial charge in [0.15, 0.2) is 11.5 Å². The van der Waals surface area contributed by atoms with E-state index in [0.717, 1.165) is 63.7 Å². The summed E-state index contributed by atoms with van der Waals surface area (Å²) in [5.74, 6) is 2.21. The molecule has 3 rings (SSSR count). The molecule has 0 aromatic heterocycles. The maximum absolute atomic E-state index is 12.4. The summed E-state index contributed by atoms with van der Waals surface area (Å²) in [5, 5.41) is 0. The molecule has 150 valence electrons. The van der Waals surface area contributed by atoms with E-state index >= 15 is 0 Å². The van der Waals surface area contributed by atoms with Crippen LogP contribution < -0.4 is 9.47 Å². The molecule has 0 spiro atoms. The SMILES string of the molecule is COc1cc(CN2CCN(C(=O)C3CCCO3)CC2)ccc1OCC(C)C. The van der Waals surface area contributed by atoms with Crippen LogP contribution in [-0.2, 0) is 16.1 Å². The van der Waals surface area contributed by atoms with Gasteiger partial charge in [0.25, 0.3) is 5.91 Å². The number of ether oxygens (including phenoxy) is 3. The number of rotatable bonds is 7. The van der Waals surface area contributed by atoms with Gasteiger partial charge >= 0.3 is 0 Å². The van der Waals surface area contributed by atoms with Crippen molar-refractivity contribution in [1.82, 2.24) is 9.80 Å². The summed E-state index contributed by atoms with van der Waals surface area (Å²) in [7, 11) is 1.68. The number of amides is 1. The van der Waals surface area contributed by atoms with Gasteiger partial charge in [-0.1, -0.05) is 19.9 Å². The zero-order valence-electron chi connectivity index (χ0n) is 16.8. The Hall–Kier alpha value is -1.79. The van der Waals surface area contributed by atoms with Crippen molar-refractivity contribution in [2.45, 2.75) is 39.3 Å². The molecule has 6 nitrogen and oxygen atoms in total. The molecule has 2 heterocycles. The van der Waals surface area contributed by atoms with E-state index in [1.165, 1.54) is 5.56 Å². The first kappa shape index (κ1) is 20.0. The van der Waals surface area contributed by atoms with Crippen LogP contribution >= 0.6 is 0 Å². The molecular weight excluding hydrogens is 344 g/mol. The summed E-state index contributed by atoms with van der Waals surface area (Å²) in [6.07, 6.45) is 1.65. The van der Waals surface area contributed by atoms with E-state index in [4.69, 9.17) is 14.2 Å². The van der Waals surface area contributed by atoms with Crippen molar-refractivity contribution in [2.75, 3.05) is 46.5 Å². The Bertz CT molecular complexity index is 621. The van der Waals surface area contributed by atoms with Gasteiger partial charge in [-0.2, -0.15) is 0 Å². The normalized spacial score (nSPS) is 20.9. The number of carbonyl (C=O) groups excluding carboxylic acids is 1. The second-order valence-electron chi connectivity index (χ2n) is 7.79. The van der Waals surface area contributed by atoms with Crippen LogP contribution in [-0.4, -0.2) is 68.3 Å². The lowest BCUT2D eigenvalue weighted by Crippen LogP contribution is -2.51. The molecule has 2 aliphatic heterocycles. The smallest absolute Gasteiger partial charge is 0.251 e. The number of nitrogens with zero attached hydrogens (tertiary/aromatic N) is 2. The molecule has 0 N–H and O–H groups in total. The third-order valence-corrected chi connectivity index (χ3v) is 5.10. The molecule has 1 unspecified atom stereocenters. The minimum atomic E-state index is -0.209. The van der Waals surface area contributed by atoms with E-state index in [2.05, 4.69) is 30.9 Å². The van der Waals surface area contributed by atoms with Gasteiger partial charge in [-0.15, -0.1) is 0 Å². The second kappa shape index (κ2) is 9.42. The molecule has 2 fully saturated rings. The van der Waals surface area contributed by atoms with Gasteiger partial charge in [-0.05, 0) is 36.5 Å². The highest BCUT2D eigenvalue weighted by Gasteiger charge is 2.30. The number of hydrogen-bond acceptors (Lipinski definition) is 5. The summed E-state index contributed by atoms with van der Waals surface area (Å²) in [6.45, 7) is 9.80. The average Bonchev–Trinajstić information content (AvgIpc) is 3.21. The number of piperazine rings is 1. The Morgan fingerprint density at radius 1 is 1.22 bits per heavy atom. The summed E-state index contributed by atoms with van der Waals surface area (Å²) < 4.78 is 16.9. The van der Waals surface area contributed by atoms with Crippen molar-refractivity contribution < 1.29 is 19.0 Å². The zero-order chi connectivity index (χ0) is 19.2. The molecule has 0 radical (unpaired) electrons. The van der Waals surface area contributed by atoms with E-state index < -0.39 is 0 Å². The lowest BCUT2D eigenvalue weighted by Gasteiger charge is -2.35. The molecule has 1 aromatic carbocycles. The Balaban J connectivity index is 1.51. The van der Waals surface area contributed by atoms with Crippen LogP contribution in [0.15, 0.2) is 18.2 Å². The summed E-state index contributed by atoms with van der Waals surface area (Å²) in [6, 6.07) is 6.15. The largest absolute Gasteiger partial charge is 0.493 e. The van der Waals surface area contributed by atoms with Crippen molar-refractivity contribution in [3.63, 3.8) is 0 Å². The highest BCUT2D eigenvalue weighted by Crippen LogP contribution is 2.29. The van der Waals surface area contributed by atoms with Crippen molar-refractivity contribution in [2.24, 2.45) is 5.92 Å². The van der Waals surface area contributed by atoms with Gasteiger partial charge in [-0.25, -0.2) is 0 Å². The molecule has 2 aliphatic rings. The lowest BCUT2D eigenvalue weighted by molar-refractivity contribution is -0.142. The van der Waals surface area contributed by atoms with Gasteiger partial charge in [0.2, 0.25) is 0 Å². The van der Waals surface area contributed by atoms with E-state index in [9.17, 15) is 4.79 Å². The quantitative estimate of drug-likeness (QED) is 0.732. The van der Waals surface area contributed by atoms with Gasteiger partial charge in [0.1, 0.15) is 6.10 Å². The van der Waals surface area contributed by atoms with Crippen LogP contribution in [0, 0.1) is 5.92 Å². The first-order valence-corrected chi connectivity index (χ1v) is 9.99. The third kappa shape index (κ3) is 5.36. The van der Waals surface area contributed by atoms with Crippen molar-refractivity contribution in [3.05, 3.63) is 23.8 Å². The Morgan fingerprint density at radius 2 is 2.00 bits per heavy atom. The highest BCUT2D eigenvalue weighted by atomic mass is 16.5. The molecular formula is C21H32N2O4. The molecule has 27 heavy (non-hydrogen) atoms. The van der Waals surface area contributed by atoms with Crippen LogP contribution in [0.4, 0.5) is 0 Å². The predicted octanol–water partition coefficient (Wildman–Crippen LogP) is 2.55. The van der Waals surface area contributed by atoms with Gasteiger partial charge in [0.05, 0.1) is 13.7 Å². The van der Waals surface area contributed by atoms with E-state index in [1.807, 2.05) is 11.0 Å². The topological polar surface area (TPSA) is 51.2 Å². The minimum Gasteiger partial charge on any atom is -0.493 e. The molecule has 1 aromatic rings. The molecule has 0 bridgehead atoms. The zero-order valence-corrected chi connectivity index (χ0v) is 16.8. The maximum atomic E-state index is 12.4. The number of benzene rings is 1. The Labute approximate surface area is 162 Å². The third-order valence-electron chi connectivity index (χ3n) is 5.10. The number of methoxy groups -OCH3 is 1. The van der Waals surface area contributed by atoms with Crippen LogP contribution in [0.5, 0.6) is 11.5 Å². The molecule has 0 aliphatic carbocycles. The monoisotopic (exact) mass is 376 g/mol. The molecule has 2 saturated heterocycles. The van der Waals surface area contributed by atoms with Crippen molar-refractivity contribution >= 4 is 5.91 Å². The van der Waals surface area contributed by atoms with Crippen LogP contribution in [0.1, 0.15) is 32.3 Å². The number of carbonyl (C=O) groups is 1. The fourth-order valence-electron chi connectivity index (χ4n) is 3.55. The van der Waals surface area contributed by atoms with E-state index in [-0.39, 0.29) is 12.0 Å². The summed E-state index contributed by atoms with van der Waals surface area (Å²) in [4.78, 5) is 16.8. The van der Waals surface area contributed by atoms with Crippen LogP contribution in [0.25, 0.3) is 0 Å². The number of hydrogen-bond donors (Lipinski definition) is 0. The second-order valence-corrected chi connectivity index (χ2v) is 7.79. The molecule has 1 atom stereocenters. The van der Waals surface area contributed by atoms with Crippen molar-refractivity contribution in [3.8, 4) is 11.5 Å². The molecule has 1 amide bonds. The van der Waals surface area contributed by atoms with Gasteiger partial charge in [-0.3, -0.25) is 9.69 Å². The Morgan fingerprint density at radius 3 is 2.63 bits per heavy atom. The van der Waals surface area contributed by atoms with Gasteiger partial charge in [0, 0.05) is 39.3 Å². The van der Waals surface area contributed by atoms with Gasteiger partial charge < -0.3 is 19.1 Å². The average molecular weight is 376 g/mol. The molecule has 6 heteroatoms. The van der Waals surface area contributed by atoms with E-state index in [0.29, 0.717) is 12.5 Å². The first-order chi connectivity index (χ1) is 13.1. The summed E-state index contributed by atoms with van der Waals surface area (Å²) >= 11 is 0. The minimum absolute atomic E-state index is 0.167. The molecule has 0 saturated carbocycles. The van der Waals surface area contributed by atoms with Crippen molar-refractivity contribution in [1.29, 1.82) is 0 Å². The lowest BCUT2D eigenvalue weighted by atomic mass is 10.1.